The minimum atomic E-state index is -2.43. The van der Waals surface area contributed by atoms with Gasteiger partial charge in [0.25, 0.3) is 6.43 Å². The second-order valence-corrected chi connectivity index (χ2v) is 3.79. The van der Waals surface area contributed by atoms with E-state index >= 15 is 0 Å². The molecule has 1 atom stereocenters. The molecule has 0 radical (unpaired) electrons. The third-order valence-corrected chi connectivity index (χ3v) is 2.32. The minimum Gasteiger partial charge on any atom is -0.494 e. The average molecular weight is 259 g/mol. The minimum absolute atomic E-state index is 0.478. The Hall–Kier alpha value is -1.52. The molecular weight excluding hydrogens is 240 g/mol. The first kappa shape index (κ1) is 14.5. The molecule has 18 heavy (non-hydrogen) atoms. The van der Waals surface area contributed by atoms with Gasteiger partial charge in [-0.15, -0.1) is 0 Å². The van der Waals surface area contributed by atoms with Gasteiger partial charge in [-0.3, -0.25) is 0 Å². The van der Waals surface area contributed by atoms with E-state index in [-0.39, 0.29) is 0 Å². The number of ether oxygens (including phenoxy) is 2. The number of nitrogens with one attached hydrogen (secondary N) is 1. The number of halogens is 2. The highest BCUT2D eigenvalue weighted by molar-refractivity contribution is 5.60. The van der Waals surface area contributed by atoms with Crippen LogP contribution in [-0.2, 0) is 0 Å². The number of anilines is 1. The van der Waals surface area contributed by atoms with Gasteiger partial charge in [-0.05, 0) is 32.9 Å². The average Bonchev–Trinajstić information content (AvgIpc) is 2.33. The van der Waals surface area contributed by atoms with Crippen LogP contribution in [0, 0.1) is 0 Å². The van der Waals surface area contributed by atoms with Crippen LogP contribution in [0.3, 0.4) is 0 Å². The predicted octanol–water partition coefficient (Wildman–Crippen LogP) is 3.55. The zero-order chi connectivity index (χ0) is 13.5. The fourth-order valence-electron chi connectivity index (χ4n) is 1.47. The number of benzene rings is 1. The van der Waals surface area contributed by atoms with Crippen molar-refractivity contribution in [1.29, 1.82) is 0 Å². The second kappa shape index (κ2) is 7.03. The third-order valence-electron chi connectivity index (χ3n) is 2.32. The van der Waals surface area contributed by atoms with Crippen molar-refractivity contribution in [3.05, 3.63) is 18.2 Å². The van der Waals surface area contributed by atoms with Crippen molar-refractivity contribution in [2.75, 3.05) is 18.5 Å². The molecule has 0 saturated heterocycles. The van der Waals surface area contributed by atoms with Gasteiger partial charge < -0.3 is 14.8 Å². The smallest absolute Gasteiger partial charge is 0.258 e. The topological polar surface area (TPSA) is 30.5 Å². The van der Waals surface area contributed by atoms with E-state index in [4.69, 9.17) is 9.47 Å². The van der Waals surface area contributed by atoms with Crippen molar-refractivity contribution in [3.8, 4) is 11.5 Å². The molecule has 0 bridgehead atoms. The molecule has 102 valence electrons. The predicted molar refractivity (Wildman–Crippen MR) is 67.9 cm³/mol. The van der Waals surface area contributed by atoms with Crippen LogP contribution in [0.5, 0.6) is 11.5 Å². The maximum atomic E-state index is 12.5. The molecule has 0 aromatic heterocycles. The monoisotopic (exact) mass is 259 g/mol. The first-order valence-electron chi connectivity index (χ1n) is 6.02. The SMILES string of the molecule is CCOc1ccc(OCC)c(NC(C)C(F)F)c1. The Bertz CT molecular complexity index is 372. The molecule has 0 saturated carbocycles. The lowest BCUT2D eigenvalue weighted by molar-refractivity contribution is 0.130. The molecule has 5 heteroatoms. The van der Waals surface area contributed by atoms with Crippen molar-refractivity contribution in [2.24, 2.45) is 0 Å². The summed E-state index contributed by atoms with van der Waals surface area (Å²) in [5, 5.41) is 2.74. The van der Waals surface area contributed by atoms with Gasteiger partial charge in [-0.2, -0.15) is 0 Å². The molecule has 0 aliphatic rings. The van der Waals surface area contributed by atoms with E-state index in [1.54, 1.807) is 18.2 Å². The molecule has 0 aliphatic carbocycles. The molecule has 0 heterocycles. The fraction of sp³-hybridized carbons (Fsp3) is 0.538. The highest BCUT2D eigenvalue weighted by Gasteiger charge is 2.16. The zero-order valence-corrected chi connectivity index (χ0v) is 10.9. The normalized spacial score (nSPS) is 12.3. The van der Waals surface area contributed by atoms with E-state index in [2.05, 4.69) is 5.32 Å². The van der Waals surface area contributed by atoms with Crippen molar-refractivity contribution in [1.82, 2.24) is 0 Å². The van der Waals surface area contributed by atoms with Crippen molar-refractivity contribution >= 4 is 5.69 Å². The maximum absolute atomic E-state index is 12.5. The van der Waals surface area contributed by atoms with Crippen LogP contribution in [0.25, 0.3) is 0 Å². The quantitative estimate of drug-likeness (QED) is 0.812. The molecule has 1 unspecified atom stereocenters. The van der Waals surface area contributed by atoms with Crippen LogP contribution in [0.15, 0.2) is 18.2 Å². The van der Waals surface area contributed by atoms with Crippen LogP contribution >= 0.6 is 0 Å². The second-order valence-electron chi connectivity index (χ2n) is 3.79. The van der Waals surface area contributed by atoms with Crippen LogP contribution in [0.4, 0.5) is 14.5 Å². The Kier molecular flexibility index (Phi) is 5.68. The van der Waals surface area contributed by atoms with Gasteiger partial charge >= 0.3 is 0 Å². The molecule has 0 aliphatic heterocycles. The molecular formula is C13H19F2NO2. The molecule has 1 aromatic carbocycles. The van der Waals surface area contributed by atoms with Crippen molar-refractivity contribution in [2.45, 2.75) is 33.2 Å². The molecule has 0 amide bonds. The first-order valence-corrected chi connectivity index (χ1v) is 6.02. The van der Waals surface area contributed by atoms with Gasteiger partial charge in [0, 0.05) is 6.07 Å². The molecule has 0 fully saturated rings. The lowest BCUT2D eigenvalue weighted by atomic mass is 10.2. The molecule has 3 nitrogen and oxygen atoms in total. The number of hydrogen-bond acceptors (Lipinski definition) is 3. The Morgan fingerprint density at radius 1 is 1.17 bits per heavy atom. The Balaban J connectivity index is 2.91. The van der Waals surface area contributed by atoms with Crippen LogP contribution in [0.2, 0.25) is 0 Å². The standard InChI is InChI=1S/C13H19F2NO2/c1-4-17-10-6-7-12(18-5-2)11(8-10)16-9(3)13(14)15/h6-9,13,16H,4-5H2,1-3H3. The highest BCUT2D eigenvalue weighted by atomic mass is 19.3. The fourth-order valence-corrected chi connectivity index (χ4v) is 1.47. The lowest BCUT2D eigenvalue weighted by Crippen LogP contribution is -2.24. The van der Waals surface area contributed by atoms with Crippen LogP contribution in [0.1, 0.15) is 20.8 Å². The summed E-state index contributed by atoms with van der Waals surface area (Å²) in [7, 11) is 0. The summed E-state index contributed by atoms with van der Waals surface area (Å²) in [6.07, 6.45) is -2.43. The van der Waals surface area contributed by atoms with Crippen LogP contribution in [-0.4, -0.2) is 25.7 Å². The van der Waals surface area contributed by atoms with Crippen molar-refractivity contribution < 1.29 is 18.3 Å². The molecule has 1 rings (SSSR count). The summed E-state index contributed by atoms with van der Waals surface area (Å²) in [4.78, 5) is 0. The highest BCUT2D eigenvalue weighted by Crippen LogP contribution is 2.30. The molecule has 1 N–H and O–H groups in total. The van der Waals surface area contributed by atoms with E-state index in [9.17, 15) is 8.78 Å². The third kappa shape index (κ3) is 4.05. The Morgan fingerprint density at radius 2 is 1.83 bits per heavy atom. The number of rotatable bonds is 7. The van der Waals surface area contributed by atoms with E-state index < -0.39 is 12.5 Å². The molecule has 0 spiro atoms. The Morgan fingerprint density at radius 3 is 2.39 bits per heavy atom. The lowest BCUT2D eigenvalue weighted by Gasteiger charge is -2.18. The van der Waals surface area contributed by atoms with Crippen molar-refractivity contribution in [3.63, 3.8) is 0 Å². The van der Waals surface area contributed by atoms with Gasteiger partial charge in [0.1, 0.15) is 11.5 Å². The summed E-state index contributed by atoms with van der Waals surface area (Å²) in [5.41, 5.74) is 0.524. The molecule has 1 aromatic rings. The van der Waals surface area contributed by atoms with E-state index in [0.29, 0.717) is 30.4 Å². The largest absolute Gasteiger partial charge is 0.494 e. The summed E-state index contributed by atoms with van der Waals surface area (Å²) >= 11 is 0. The van der Waals surface area contributed by atoms with E-state index in [1.165, 1.54) is 6.92 Å². The van der Waals surface area contributed by atoms with Gasteiger partial charge in [0.05, 0.1) is 24.9 Å². The van der Waals surface area contributed by atoms with Crippen LogP contribution < -0.4 is 14.8 Å². The van der Waals surface area contributed by atoms with Gasteiger partial charge in [0.15, 0.2) is 0 Å². The van der Waals surface area contributed by atoms with Gasteiger partial charge in [-0.1, -0.05) is 0 Å². The number of alkyl halides is 2. The Labute approximate surface area is 106 Å². The zero-order valence-electron chi connectivity index (χ0n) is 10.9. The van der Waals surface area contributed by atoms with Gasteiger partial charge in [0.2, 0.25) is 0 Å². The number of hydrogen-bond donors (Lipinski definition) is 1. The van der Waals surface area contributed by atoms with E-state index in [1.807, 2.05) is 13.8 Å². The first-order chi connectivity index (χ1) is 8.58. The maximum Gasteiger partial charge on any atom is 0.258 e. The van der Waals surface area contributed by atoms with E-state index in [0.717, 1.165) is 0 Å². The summed E-state index contributed by atoms with van der Waals surface area (Å²) in [5.74, 6) is 1.18. The summed E-state index contributed by atoms with van der Waals surface area (Å²) in [6, 6.07) is 4.20. The summed E-state index contributed by atoms with van der Waals surface area (Å²) < 4.78 is 35.8. The summed E-state index contributed by atoms with van der Waals surface area (Å²) in [6.45, 7) is 6.14. The van der Waals surface area contributed by atoms with Gasteiger partial charge in [-0.25, -0.2) is 8.78 Å².